The van der Waals surface area contributed by atoms with Gasteiger partial charge in [0.25, 0.3) is 11.5 Å². The molecule has 1 aromatic carbocycles. The number of benzene rings is 1. The molecule has 4 heterocycles. The van der Waals surface area contributed by atoms with Gasteiger partial charge in [-0.15, -0.1) is 0 Å². The fraction of sp³-hybridized carbons (Fsp3) is 0.514. The van der Waals surface area contributed by atoms with Crippen LogP contribution in [0.25, 0.3) is 11.1 Å². The fourth-order valence-corrected chi connectivity index (χ4v) is 6.20. The number of fused-ring (bicyclic) bond motifs is 1. The molecule has 8 heteroatoms. The van der Waals surface area contributed by atoms with E-state index in [0.29, 0.717) is 23.1 Å². The van der Waals surface area contributed by atoms with Crippen LogP contribution in [-0.4, -0.2) is 58.6 Å². The SMILES string of the molecule is CCCc1cc(C)[nH]c(=O)c1CNC(=O)c1cc2c(c(-c3ccc(N4CCN(C(C)C)CC4)nc3)c1)OC(C)(C(C)C)C2. The van der Waals surface area contributed by atoms with Crippen LogP contribution in [0.3, 0.4) is 0 Å². The zero-order valence-corrected chi connectivity index (χ0v) is 26.8. The van der Waals surface area contributed by atoms with Gasteiger partial charge in [0.1, 0.15) is 17.2 Å². The normalized spacial score (nSPS) is 18.7. The molecule has 0 radical (unpaired) electrons. The number of aromatic nitrogens is 2. The van der Waals surface area contributed by atoms with Crippen molar-refractivity contribution in [2.24, 2.45) is 5.92 Å². The maximum atomic E-state index is 13.6. The molecule has 1 fully saturated rings. The third-order valence-electron chi connectivity index (χ3n) is 9.26. The number of nitrogens with one attached hydrogen (secondary N) is 2. The zero-order chi connectivity index (χ0) is 30.9. The minimum atomic E-state index is -0.361. The number of carbonyl (C=O) groups excluding carboxylic acids is 1. The predicted molar refractivity (Wildman–Crippen MR) is 173 cm³/mol. The van der Waals surface area contributed by atoms with Crippen LogP contribution in [0, 0.1) is 12.8 Å². The highest BCUT2D eigenvalue weighted by Crippen LogP contribution is 2.45. The van der Waals surface area contributed by atoms with E-state index in [1.165, 1.54) is 0 Å². The number of hydrogen-bond acceptors (Lipinski definition) is 6. The van der Waals surface area contributed by atoms with Crippen molar-refractivity contribution in [2.45, 2.75) is 85.9 Å². The second-order valence-corrected chi connectivity index (χ2v) is 13.0. The van der Waals surface area contributed by atoms with E-state index in [1.54, 1.807) is 0 Å². The zero-order valence-electron chi connectivity index (χ0n) is 26.8. The van der Waals surface area contributed by atoms with E-state index in [0.717, 1.165) is 85.0 Å². The summed E-state index contributed by atoms with van der Waals surface area (Å²) in [5.41, 5.74) is 5.30. The Morgan fingerprint density at radius 1 is 1.12 bits per heavy atom. The smallest absolute Gasteiger partial charge is 0.253 e. The molecule has 0 aliphatic carbocycles. The fourth-order valence-electron chi connectivity index (χ4n) is 6.20. The Hall–Kier alpha value is -3.65. The molecule has 3 aromatic rings. The Morgan fingerprint density at radius 2 is 1.86 bits per heavy atom. The Balaban J connectivity index is 1.42. The van der Waals surface area contributed by atoms with E-state index in [1.807, 2.05) is 31.3 Å². The Bertz CT molecular complexity index is 1520. The van der Waals surface area contributed by atoms with Crippen molar-refractivity contribution in [3.05, 3.63) is 74.8 Å². The van der Waals surface area contributed by atoms with E-state index < -0.39 is 0 Å². The molecule has 8 nitrogen and oxygen atoms in total. The molecule has 230 valence electrons. The molecule has 2 aromatic heterocycles. The number of carbonyl (C=O) groups is 1. The van der Waals surface area contributed by atoms with Gasteiger partial charge in [-0.3, -0.25) is 14.5 Å². The van der Waals surface area contributed by atoms with Crippen LogP contribution < -0.4 is 20.5 Å². The summed E-state index contributed by atoms with van der Waals surface area (Å²) in [6.07, 6.45) is 4.34. The largest absolute Gasteiger partial charge is 0.486 e. The van der Waals surface area contributed by atoms with Gasteiger partial charge >= 0.3 is 0 Å². The lowest BCUT2D eigenvalue weighted by molar-refractivity contribution is 0.0651. The molecule has 0 bridgehead atoms. The van der Waals surface area contributed by atoms with Crippen LogP contribution in [-0.2, 0) is 19.4 Å². The lowest BCUT2D eigenvalue weighted by atomic mass is 9.87. The van der Waals surface area contributed by atoms with Gasteiger partial charge < -0.3 is 19.9 Å². The summed E-state index contributed by atoms with van der Waals surface area (Å²) in [5, 5.41) is 3.03. The molecule has 1 unspecified atom stereocenters. The van der Waals surface area contributed by atoms with E-state index in [-0.39, 0.29) is 23.6 Å². The molecule has 43 heavy (non-hydrogen) atoms. The first-order valence-electron chi connectivity index (χ1n) is 15.8. The summed E-state index contributed by atoms with van der Waals surface area (Å²) in [6, 6.07) is 10.6. The summed E-state index contributed by atoms with van der Waals surface area (Å²) in [4.78, 5) is 38.9. The standard InChI is InChI=1S/C35H47N5O3/c1-8-9-25-16-24(6)38-34(42)30(25)21-37-33(41)27-17-28-19-35(7,22(2)3)43-32(28)29(18-27)26-10-11-31(36-20-26)40-14-12-39(13-15-40)23(4)5/h10-11,16-18,20,22-23H,8-9,12-15,19,21H2,1-7H3,(H,37,41)(H,38,42). The first kappa shape index (κ1) is 30.8. The molecule has 2 aliphatic heterocycles. The lowest BCUT2D eigenvalue weighted by Gasteiger charge is -2.37. The molecular weight excluding hydrogens is 538 g/mol. The topological polar surface area (TPSA) is 90.6 Å². The van der Waals surface area contributed by atoms with E-state index >= 15 is 0 Å². The second-order valence-electron chi connectivity index (χ2n) is 13.0. The summed E-state index contributed by atoms with van der Waals surface area (Å²) in [7, 11) is 0. The molecule has 2 N–H and O–H groups in total. The van der Waals surface area contributed by atoms with Crippen molar-refractivity contribution < 1.29 is 9.53 Å². The van der Waals surface area contributed by atoms with Crippen LogP contribution in [0.2, 0.25) is 0 Å². The molecule has 1 saturated heterocycles. The average molecular weight is 586 g/mol. The first-order chi connectivity index (χ1) is 20.5. The van der Waals surface area contributed by atoms with E-state index in [9.17, 15) is 9.59 Å². The number of amides is 1. The van der Waals surface area contributed by atoms with Crippen molar-refractivity contribution in [3.63, 3.8) is 0 Å². The van der Waals surface area contributed by atoms with Gasteiger partial charge in [0, 0.05) is 79.3 Å². The van der Waals surface area contributed by atoms with Gasteiger partial charge in [0.2, 0.25) is 0 Å². The molecule has 2 aliphatic rings. The lowest BCUT2D eigenvalue weighted by Crippen LogP contribution is -2.49. The predicted octanol–water partition coefficient (Wildman–Crippen LogP) is 5.51. The Labute approximate surface area is 255 Å². The molecule has 1 atom stereocenters. The number of rotatable bonds is 9. The molecule has 1 amide bonds. The van der Waals surface area contributed by atoms with Crippen molar-refractivity contribution >= 4 is 11.7 Å². The number of piperazine rings is 1. The first-order valence-corrected chi connectivity index (χ1v) is 15.8. The van der Waals surface area contributed by atoms with E-state index in [4.69, 9.17) is 9.72 Å². The summed E-state index contributed by atoms with van der Waals surface area (Å²) in [6.45, 7) is 19.1. The van der Waals surface area contributed by atoms with Crippen LogP contribution in [0.5, 0.6) is 5.75 Å². The number of aryl methyl sites for hydroxylation is 2. The van der Waals surface area contributed by atoms with Crippen LogP contribution in [0.1, 0.15) is 80.7 Å². The number of aromatic amines is 1. The van der Waals surface area contributed by atoms with Crippen LogP contribution in [0.15, 0.2) is 41.3 Å². The highest BCUT2D eigenvalue weighted by molar-refractivity contribution is 5.96. The summed E-state index contributed by atoms with van der Waals surface area (Å²) >= 11 is 0. The van der Waals surface area contributed by atoms with Crippen molar-refractivity contribution in [1.82, 2.24) is 20.2 Å². The van der Waals surface area contributed by atoms with Gasteiger partial charge in [0.15, 0.2) is 0 Å². The Kier molecular flexibility index (Phi) is 8.97. The van der Waals surface area contributed by atoms with Gasteiger partial charge in [-0.1, -0.05) is 27.2 Å². The Morgan fingerprint density at radius 3 is 2.49 bits per heavy atom. The van der Waals surface area contributed by atoms with Gasteiger partial charge in [-0.05, 0) is 81.5 Å². The average Bonchev–Trinajstić information content (AvgIpc) is 3.34. The molecule has 0 spiro atoms. The number of anilines is 1. The van der Waals surface area contributed by atoms with Crippen LogP contribution in [0.4, 0.5) is 5.82 Å². The van der Waals surface area contributed by atoms with Crippen LogP contribution >= 0.6 is 0 Å². The van der Waals surface area contributed by atoms with Gasteiger partial charge in [0.05, 0.1) is 0 Å². The maximum absolute atomic E-state index is 13.6. The number of H-pyrrole nitrogens is 1. The van der Waals surface area contributed by atoms with Gasteiger partial charge in [-0.25, -0.2) is 4.98 Å². The third kappa shape index (κ3) is 6.49. The summed E-state index contributed by atoms with van der Waals surface area (Å²) < 4.78 is 6.63. The van der Waals surface area contributed by atoms with Gasteiger partial charge in [-0.2, -0.15) is 0 Å². The quantitative estimate of drug-likeness (QED) is 0.344. The number of hydrogen-bond donors (Lipinski definition) is 2. The van der Waals surface area contributed by atoms with Crippen molar-refractivity contribution in [2.75, 3.05) is 31.1 Å². The molecule has 5 rings (SSSR count). The highest BCUT2D eigenvalue weighted by atomic mass is 16.5. The van der Waals surface area contributed by atoms with Crippen molar-refractivity contribution in [3.8, 4) is 16.9 Å². The molecule has 0 saturated carbocycles. The minimum Gasteiger partial charge on any atom is -0.486 e. The van der Waals surface area contributed by atoms with E-state index in [2.05, 4.69) is 73.8 Å². The highest BCUT2D eigenvalue weighted by Gasteiger charge is 2.39. The number of pyridine rings is 2. The number of ether oxygens (including phenoxy) is 1. The third-order valence-corrected chi connectivity index (χ3v) is 9.26. The number of nitrogens with zero attached hydrogens (tertiary/aromatic N) is 3. The second kappa shape index (κ2) is 12.5. The monoisotopic (exact) mass is 585 g/mol. The summed E-state index contributed by atoms with van der Waals surface area (Å²) in [5.74, 6) is 1.88. The van der Waals surface area contributed by atoms with Crippen molar-refractivity contribution in [1.29, 1.82) is 0 Å². The minimum absolute atomic E-state index is 0.142. The molecular formula is C35H47N5O3. The maximum Gasteiger partial charge on any atom is 0.253 e.